The fourth-order valence-electron chi connectivity index (χ4n) is 2.36. The molecule has 0 aliphatic heterocycles. The molecule has 0 aromatic heterocycles. The van der Waals surface area contributed by atoms with Crippen LogP contribution in [0.1, 0.15) is 11.6 Å². The third-order valence-electron chi connectivity index (χ3n) is 3.89. The summed E-state index contributed by atoms with van der Waals surface area (Å²) in [6.07, 6.45) is 0. The van der Waals surface area contributed by atoms with Gasteiger partial charge in [0, 0.05) is 0 Å². The average Bonchev–Trinajstić information content (AvgIpc) is 2.72. The number of carbonyl (C=O) groups is 2. The minimum absolute atomic E-state index is 0.193. The molecule has 9 heteroatoms. The van der Waals surface area contributed by atoms with E-state index in [0.29, 0.717) is 16.2 Å². The number of benzene rings is 2. The average molecular weight is 392 g/mol. The number of carbonyl (C=O) groups excluding carboxylic acids is 2. The summed E-state index contributed by atoms with van der Waals surface area (Å²) >= 11 is 0. The molecule has 144 valence electrons. The molecule has 0 spiro atoms. The quantitative estimate of drug-likeness (QED) is 0.223. The van der Waals surface area contributed by atoms with E-state index < -0.39 is 34.7 Å². The lowest BCUT2D eigenvalue weighted by Crippen LogP contribution is -2.51. The second-order valence-corrected chi connectivity index (χ2v) is 7.32. The van der Waals surface area contributed by atoms with Gasteiger partial charge in [-0.3, -0.25) is 14.8 Å². The van der Waals surface area contributed by atoms with Gasteiger partial charge in [-0.15, -0.1) is 4.21 Å². The lowest BCUT2D eigenvalue weighted by molar-refractivity contribution is -0.134. The minimum atomic E-state index is -2.01. The Morgan fingerprint density at radius 3 is 2.30 bits per heavy atom. The van der Waals surface area contributed by atoms with Gasteiger partial charge >= 0.3 is 0 Å². The fourth-order valence-corrected chi connectivity index (χ4v) is 3.65. The Hall–Kier alpha value is -2.75. The smallest absolute Gasteiger partial charge is 0.270 e. The van der Waals surface area contributed by atoms with E-state index in [4.69, 9.17) is 15.7 Å². The first kappa shape index (κ1) is 20.6. The number of thiol groups is 1. The fraction of sp³-hybridized carbons (Fsp3) is 0.222. The van der Waals surface area contributed by atoms with Crippen LogP contribution in [-0.4, -0.2) is 35.9 Å². The van der Waals surface area contributed by atoms with Crippen molar-refractivity contribution >= 4 is 22.6 Å². The molecule has 8 nitrogen and oxygen atoms in total. The first-order valence-electron chi connectivity index (χ1n) is 8.09. The van der Waals surface area contributed by atoms with Gasteiger partial charge < -0.3 is 15.8 Å². The van der Waals surface area contributed by atoms with E-state index in [0.717, 1.165) is 0 Å². The Kier molecular flexibility index (Phi) is 7.47. The molecular weight excluding hydrogens is 370 g/mol. The Balaban J connectivity index is 2.09. The Morgan fingerprint density at radius 1 is 1.11 bits per heavy atom. The van der Waals surface area contributed by atoms with Gasteiger partial charge in [0.15, 0.2) is 10.9 Å². The number of ether oxygens (including phenoxy) is 1. The second-order valence-electron chi connectivity index (χ2n) is 5.68. The number of nitrogens with two attached hydrogens (primary N) is 1. The van der Waals surface area contributed by atoms with Crippen LogP contribution in [0.3, 0.4) is 0 Å². The normalized spacial score (nSPS) is 13.9. The Morgan fingerprint density at radius 2 is 1.74 bits per heavy atom. The van der Waals surface area contributed by atoms with Crippen molar-refractivity contribution in [3.63, 3.8) is 0 Å². The zero-order valence-corrected chi connectivity index (χ0v) is 15.6. The molecule has 0 radical (unpaired) electrons. The standard InChI is InChI=1S/C18H21N3O5S/c1-26-13-7-9-14(10-8-13)27(25)11-15(17(22)21-24)20-18(23)16(19)12-5-3-2-4-6-12/h2-10,15-16,24H,11,19H2,1H3,(H,20,23)(H,21,22)/p+1. The number of rotatable bonds is 8. The maximum atomic E-state index is 12.6. The highest BCUT2D eigenvalue weighted by atomic mass is 32.2. The van der Waals surface area contributed by atoms with Crippen molar-refractivity contribution < 1.29 is 23.7 Å². The highest BCUT2D eigenvalue weighted by molar-refractivity contribution is 7.85. The zero-order valence-electron chi connectivity index (χ0n) is 14.7. The maximum Gasteiger partial charge on any atom is 0.270 e. The van der Waals surface area contributed by atoms with Gasteiger partial charge in [0.05, 0.1) is 7.11 Å². The van der Waals surface area contributed by atoms with E-state index in [1.807, 2.05) is 0 Å². The molecular formula is C18H22N3O5S+. The summed E-state index contributed by atoms with van der Waals surface area (Å²) in [7, 11) is -0.492. The van der Waals surface area contributed by atoms with Crippen LogP contribution in [0.2, 0.25) is 0 Å². The summed E-state index contributed by atoms with van der Waals surface area (Å²) in [5.74, 6) is -1.08. The zero-order chi connectivity index (χ0) is 19.8. The van der Waals surface area contributed by atoms with Gasteiger partial charge in [0.2, 0.25) is 5.91 Å². The second kappa shape index (κ2) is 9.81. The summed E-state index contributed by atoms with van der Waals surface area (Å²) in [5.41, 5.74) is 7.96. The van der Waals surface area contributed by atoms with Gasteiger partial charge in [-0.1, -0.05) is 30.3 Å². The van der Waals surface area contributed by atoms with E-state index in [9.17, 15) is 13.8 Å². The molecule has 27 heavy (non-hydrogen) atoms. The molecule has 0 bridgehead atoms. The highest BCUT2D eigenvalue weighted by Gasteiger charge is 2.29. The molecule has 0 saturated heterocycles. The molecule has 2 amide bonds. The van der Waals surface area contributed by atoms with Crippen molar-refractivity contribution in [3.8, 4) is 5.75 Å². The van der Waals surface area contributed by atoms with Crippen LogP contribution in [0.4, 0.5) is 0 Å². The predicted molar refractivity (Wildman–Crippen MR) is 101 cm³/mol. The van der Waals surface area contributed by atoms with Crippen LogP contribution in [-0.2, 0) is 24.6 Å². The molecule has 2 aromatic rings. The molecule has 5 N–H and O–H groups in total. The third kappa shape index (κ3) is 5.61. The Labute approximate surface area is 159 Å². The van der Waals surface area contributed by atoms with E-state index in [1.165, 1.54) is 12.6 Å². The summed E-state index contributed by atoms with van der Waals surface area (Å²) < 4.78 is 17.6. The molecule has 0 aliphatic rings. The van der Waals surface area contributed by atoms with Crippen molar-refractivity contribution in [2.45, 2.75) is 17.0 Å². The first-order valence-corrected chi connectivity index (χ1v) is 9.54. The molecule has 3 atom stereocenters. The van der Waals surface area contributed by atoms with Gasteiger partial charge in [0.1, 0.15) is 28.3 Å². The molecule has 0 aliphatic carbocycles. The number of hydrogen-bond acceptors (Lipinski definition) is 6. The molecule has 3 unspecified atom stereocenters. The highest BCUT2D eigenvalue weighted by Crippen LogP contribution is 2.15. The van der Waals surface area contributed by atoms with Gasteiger partial charge in [-0.25, -0.2) is 5.48 Å². The topological polar surface area (TPSA) is 131 Å². The minimum Gasteiger partial charge on any atom is -0.497 e. The van der Waals surface area contributed by atoms with Crippen LogP contribution < -0.4 is 21.3 Å². The number of hydroxylamine groups is 1. The lowest BCUT2D eigenvalue weighted by atomic mass is 10.1. The van der Waals surface area contributed by atoms with Crippen LogP contribution in [0.25, 0.3) is 0 Å². The largest absolute Gasteiger partial charge is 0.497 e. The van der Waals surface area contributed by atoms with Crippen LogP contribution in [0.15, 0.2) is 59.5 Å². The maximum absolute atomic E-state index is 12.6. The summed E-state index contributed by atoms with van der Waals surface area (Å²) in [4.78, 5) is 24.8. The monoisotopic (exact) mass is 392 g/mol. The van der Waals surface area contributed by atoms with Gasteiger partial charge in [0.25, 0.3) is 5.91 Å². The van der Waals surface area contributed by atoms with E-state index in [-0.39, 0.29) is 5.75 Å². The molecule has 0 fully saturated rings. The lowest BCUT2D eigenvalue weighted by Gasteiger charge is -2.17. The summed E-state index contributed by atoms with van der Waals surface area (Å²) in [6.45, 7) is 0. The summed E-state index contributed by atoms with van der Waals surface area (Å²) in [6, 6.07) is 12.9. The summed E-state index contributed by atoms with van der Waals surface area (Å²) in [5, 5.41) is 11.4. The van der Waals surface area contributed by atoms with Crippen molar-refractivity contribution in [3.05, 3.63) is 60.2 Å². The van der Waals surface area contributed by atoms with E-state index >= 15 is 0 Å². The molecule has 2 aromatic carbocycles. The predicted octanol–water partition coefficient (Wildman–Crippen LogP) is 0.440. The van der Waals surface area contributed by atoms with Gasteiger partial charge in [-0.2, -0.15) is 0 Å². The van der Waals surface area contributed by atoms with Crippen LogP contribution in [0.5, 0.6) is 5.75 Å². The number of amides is 2. The number of methoxy groups -OCH3 is 1. The Bertz CT molecular complexity index is 798. The van der Waals surface area contributed by atoms with E-state index in [1.54, 1.807) is 54.6 Å². The van der Waals surface area contributed by atoms with Crippen molar-refractivity contribution in [2.24, 2.45) is 5.73 Å². The van der Waals surface area contributed by atoms with Gasteiger partial charge in [-0.05, 0) is 29.8 Å². The SMILES string of the molecule is COc1ccc([SH+](=O)CC(NC(=O)C(N)c2ccccc2)C(=O)NO)cc1. The number of hydrogen-bond donors (Lipinski definition) is 4. The van der Waals surface area contributed by atoms with Crippen LogP contribution in [0, 0.1) is 0 Å². The van der Waals surface area contributed by atoms with Crippen molar-refractivity contribution in [1.29, 1.82) is 0 Å². The van der Waals surface area contributed by atoms with Crippen molar-refractivity contribution in [2.75, 3.05) is 12.9 Å². The molecule has 0 heterocycles. The third-order valence-corrected chi connectivity index (χ3v) is 5.46. The first-order chi connectivity index (χ1) is 13.0. The molecule has 2 rings (SSSR count). The number of nitrogens with one attached hydrogen (secondary N) is 2. The van der Waals surface area contributed by atoms with Crippen molar-refractivity contribution in [1.82, 2.24) is 10.8 Å². The molecule has 0 saturated carbocycles. The van der Waals surface area contributed by atoms with E-state index in [2.05, 4.69) is 5.32 Å². The van der Waals surface area contributed by atoms with Crippen LogP contribution >= 0.6 is 0 Å².